The monoisotopic (exact) mass is 359 g/mol. The molecule has 1 fully saturated rings. The van der Waals surface area contributed by atoms with E-state index in [4.69, 9.17) is 0 Å². The molecule has 1 aliphatic rings. The van der Waals surface area contributed by atoms with Gasteiger partial charge in [-0.1, -0.05) is 18.6 Å². The van der Waals surface area contributed by atoms with E-state index in [0.29, 0.717) is 25.8 Å². The fourth-order valence-electron chi connectivity index (χ4n) is 3.11. The molecule has 1 aromatic carbocycles. The smallest absolute Gasteiger partial charge is 0.222 e. The van der Waals surface area contributed by atoms with Crippen molar-refractivity contribution in [3.63, 3.8) is 0 Å². The first-order valence-corrected chi connectivity index (χ1v) is 9.93. The summed E-state index contributed by atoms with van der Waals surface area (Å²) in [7, 11) is 0. The number of carbonyl (C=O) groups excluding carboxylic acids is 2. The molecule has 25 heavy (non-hydrogen) atoms. The Balaban J connectivity index is 1.34. The average molecular weight is 359 g/mol. The van der Waals surface area contributed by atoms with Gasteiger partial charge in [0, 0.05) is 38.9 Å². The molecule has 1 aromatic heterocycles. The Morgan fingerprint density at radius 2 is 2.12 bits per heavy atom. The molecule has 6 heteroatoms. The van der Waals surface area contributed by atoms with Crippen molar-refractivity contribution < 1.29 is 9.59 Å². The second kappa shape index (κ2) is 8.94. The van der Waals surface area contributed by atoms with Gasteiger partial charge >= 0.3 is 0 Å². The standard InChI is InChI=1S/C19H25N3O2S/c23-17(10-11-18-21-15-7-3-4-8-16(15)25-18)20-12-6-14-22-13-5-1-2-9-19(22)24/h3-4,7-8H,1-2,5-6,9-14H2,(H,20,23). The minimum Gasteiger partial charge on any atom is -0.356 e. The lowest BCUT2D eigenvalue weighted by atomic mass is 10.2. The third kappa shape index (κ3) is 5.26. The molecular formula is C19H25N3O2S. The maximum absolute atomic E-state index is 12.0. The van der Waals surface area contributed by atoms with Crippen LogP contribution in [0.1, 0.15) is 43.5 Å². The molecule has 1 aliphatic heterocycles. The summed E-state index contributed by atoms with van der Waals surface area (Å²) in [6.07, 6.45) is 5.88. The van der Waals surface area contributed by atoms with Crippen molar-refractivity contribution in [1.82, 2.24) is 15.2 Å². The number of hydrogen-bond acceptors (Lipinski definition) is 4. The van der Waals surface area contributed by atoms with Gasteiger partial charge < -0.3 is 10.2 Å². The lowest BCUT2D eigenvalue weighted by Gasteiger charge is -2.20. The summed E-state index contributed by atoms with van der Waals surface area (Å²) in [5, 5.41) is 3.96. The summed E-state index contributed by atoms with van der Waals surface area (Å²) < 4.78 is 1.17. The van der Waals surface area contributed by atoms with Crippen LogP contribution in [0.5, 0.6) is 0 Å². The zero-order valence-corrected chi connectivity index (χ0v) is 15.3. The molecule has 0 spiro atoms. The third-order valence-electron chi connectivity index (χ3n) is 4.50. The molecule has 5 nitrogen and oxygen atoms in total. The van der Waals surface area contributed by atoms with E-state index in [-0.39, 0.29) is 11.8 Å². The van der Waals surface area contributed by atoms with E-state index in [2.05, 4.69) is 16.4 Å². The zero-order chi connectivity index (χ0) is 17.5. The van der Waals surface area contributed by atoms with Crippen LogP contribution >= 0.6 is 11.3 Å². The van der Waals surface area contributed by atoms with Gasteiger partial charge in [0.25, 0.3) is 0 Å². The number of carbonyl (C=O) groups is 2. The van der Waals surface area contributed by atoms with Crippen molar-refractivity contribution in [1.29, 1.82) is 0 Å². The minimum atomic E-state index is 0.0569. The van der Waals surface area contributed by atoms with Crippen molar-refractivity contribution in [2.75, 3.05) is 19.6 Å². The zero-order valence-electron chi connectivity index (χ0n) is 14.5. The summed E-state index contributed by atoms with van der Waals surface area (Å²) >= 11 is 1.65. The number of hydrogen-bond donors (Lipinski definition) is 1. The molecule has 0 aliphatic carbocycles. The summed E-state index contributed by atoms with van der Waals surface area (Å²) in [5.41, 5.74) is 1.00. The van der Waals surface area contributed by atoms with Gasteiger partial charge in [0.2, 0.25) is 11.8 Å². The van der Waals surface area contributed by atoms with E-state index < -0.39 is 0 Å². The Labute approximate surface area is 152 Å². The summed E-state index contributed by atoms with van der Waals surface area (Å²) in [6, 6.07) is 8.04. The van der Waals surface area contributed by atoms with Crippen LogP contribution in [0.3, 0.4) is 0 Å². The van der Waals surface area contributed by atoms with E-state index in [0.717, 1.165) is 49.3 Å². The van der Waals surface area contributed by atoms with E-state index in [1.807, 2.05) is 23.1 Å². The van der Waals surface area contributed by atoms with Crippen molar-refractivity contribution in [2.45, 2.75) is 44.9 Å². The lowest BCUT2D eigenvalue weighted by molar-refractivity contribution is -0.130. The van der Waals surface area contributed by atoms with Gasteiger partial charge in [0.1, 0.15) is 0 Å². The van der Waals surface area contributed by atoms with Gasteiger partial charge in [-0.05, 0) is 31.4 Å². The van der Waals surface area contributed by atoms with Crippen molar-refractivity contribution >= 4 is 33.4 Å². The molecule has 134 valence electrons. The van der Waals surface area contributed by atoms with Crippen molar-refractivity contribution in [2.24, 2.45) is 0 Å². The molecule has 0 saturated carbocycles. The van der Waals surface area contributed by atoms with Gasteiger partial charge in [-0.3, -0.25) is 9.59 Å². The largest absolute Gasteiger partial charge is 0.356 e. The topological polar surface area (TPSA) is 62.3 Å². The number of aryl methyl sites for hydroxylation is 1. The molecule has 0 atom stereocenters. The van der Waals surface area contributed by atoms with Gasteiger partial charge in [-0.2, -0.15) is 0 Å². The number of thiazole rings is 1. The van der Waals surface area contributed by atoms with Crippen LogP contribution < -0.4 is 5.32 Å². The molecule has 3 rings (SSSR count). The Bertz CT molecular complexity index is 695. The Morgan fingerprint density at radius 1 is 1.24 bits per heavy atom. The maximum Gasteiger partial charge on any atom is 0.222 e. The van der Waals surface area contributed by atoms with Crippen molar-refractivity contribution in [3.8, 4) is 0 Å². The summed E-state index contributed by atoms with van der Waals surface area (Å²) in [4.78, 5) is 30.4. The molecule has 2 aromatic rings. The van der Waals surface area contributed by atoms with Crippen LogP contribution in [0.25, 0.3) is 10.2 Å². The first-order chi connectivity index (χ1) is 12.2. The van der Waals surface area contributed by atoms with Crippen LogP contribution in [-0.2, 0) is 16.0 Å². The summed E-state index contributed by atoms with van der Waals surface area (Å²) in [6.45, 7) is 2.24. The minimum absolute atomic E-state index is 0.0569. The maximum atomic E-state index is 12.0. The number of nitrogens with zero attached hydrogens (tertiary/aromatic N) is 2. The van der Waals surface area contributed by atoms with E-state index in [9.17, 15) is 9.59 Å². The molecule has 0 unspecified atom stereocenters. The molecule has 2 amide bonds. The van der Waals surface area contributed by atoms with Gasteiger partial charge in [-0.25, -0.2) is 4.98 Å². The molecule has 1 N–H and O–H groups in total. The molecular weight excluding hydrogens is 334 g/mol. The number of nitrogens with one attached hydrogen (secondary N) is 1. The predicted octanol–water partition coefficient (Wildman–Crippen LogP) is 3.14. The molecule has 1 saturated heterocycles. The number of aromatic nitrogens is 1. The number of fused-ring (bicyclic) bond motifs is 1. The average Bonchev–Trinajstić information content (AvgIpc) is 2.93. The first kappa shape index (κ1) is 17.9. The highest BCUT2D eigenvalue weighted by molar-refractivity contribution is 7.18. The Kier molecular flexibility index (Phi) is 6.39. The highest BCUT2D eigenvalue weighted by Gasteiger charge is 2.15. The van der Waals surface area contributed by atoms with E-state index in [1.165, 1.54) is 4.70 Å². The number of para-hydroxylation sites is 1. The van der Waals surface area contributed by atoms with Crippen LogP contribution in [0.15, 0.2) is 24.3 Å². The Hall–Kier alpha value is -1.95. The lowest BCUT2D eigenvalue weighted by Crippen LogP contribution is -2.34. The first-order valence-electron chi connectivity index (χ1n) is 9.11. The number of amides is 2. The third-order valence-corrected chi connectivity index (χ3v) is 5.60. The molecule has 0 bridgehead atoms. The number of likely N-dealkylation sites (tertiary alicyclic amines) is 1. The van der Waals surface area contributed by atoms with Crippen LogP contribution in [0.4, 0.5) is 0 Å². The van der Waals surface area contributed by atoms with Gasteiger partial charge in [-0.15, -0.1) is 11.3 Å². The van der Waals surface area contributed by atoms with Crippen molar-refractivity contribution in [3.05, 3.63) is 29.3 Å². The fraction of sp³-hybridized carbons (Fsp3) is 0.526. The van der Waals surface area contributed by atoms with Gasteiger partial charge in [0.05, 0.1) is 15.2 Å². The normalized spacial score (nSPS) is 15.4. The predicted molar refractivity (Wildman–Crippen MR) is 101 cm³/mol. The molecule has 0 radical (unpaired) electrons. The summed E-state index contributed by atoms with van der Waals surface area (Å²) in [5.74, 6) is 0.320. The number of benzene rings is 1. The quantitative estimate of drug-likeness (QED) is 0.773. The van der Waals surface area contributed by atoms with E-state index in [1.54, 1.807) is 11.3 Å². The highest BCUT2D eigenvalue weighted by Crippen LogP contribution is 2.22. The van der Waals surface area contributed by atoms with Crippen LogP contribution in [0.2, 0.25) is 0 Å². The fourth-order valence-corrected chi connectivity index (χ4v) is 4.08. The Morgan fingerprint density at radius 3 is 3.00 bits per heavy atom. The SMILES string of the molecule is O=C(CCc1nc2ccccc2s1)NCCCN1CCCCCC1=O. The van der Waals surface area contributed by atoms with Gasteiger partial charge in [0.15, 0.2) is 0 Å². The van der Waals surface area contributed by atoms with E-state index >= 15 is 0 Å². The number of rotatable bonds is 7. The second-order valence-electron chi connectivity index (χ2n) is 6.47. The highest BCUT2D eigenvalue weighted by atomic mass is 32.1. The van der Waals surface area contributed by atoms with Crippen LogP contribution in [0, 0.1) is 0 Å². The van der Waals surface area contributed by atoms with Crippen LogP contribution in [-0.4, -0.2) is 41.3 Å². The molecule has 2 heterocycles. The second-order valence-corrected chi connectivity index (χ2v) is 7.59.